The van der Waals surface area contributed by atoms with Gasteiger partial charge in [0.25, 0.3) is 0 Å². The number of thiazole rings is 1. The number of nitrogens with zero attached hydrogens (tertiary/aromatic N) is 1. The van der Waals surface area contributed by atoms with E-state index < -0.39 is 0 Å². The van der Waals surface area contributed by atoms with Gasteiger partial charge >= 0.3 is 0 Å². The molecule has 2 unspecified atom stereocenters. The predicted molar refractivity (Wildman–Crippen MR) is 66.9 cm³/mol. The van der Waals surface area contributed by atoms with E-state index in [4.69, 9.17) is 4.74 Å². The summed E-state index contributed by atoms with van der Waals surface area (Å²) in [5.41, 5.74) is 0. The summed E-state index contributed by atoms with van der Waals surface area (Å²) in [4.78, 5) is 5.83. The molecule has 3 nitrogen and oxygen atoms in total. The van der Waals surface area contributed by atoms with E-state index in [-0.39, 0.29) is 0 Å². The highest BCUT2D eigenvalue weighted by Crippen LogP contribution is 2.21. The Bertz CT molecular complexity index is 321. The molecule has 0 radical (unpaired) electrons. The van der Waals surface area contributed by atoms with Crippen molar-refractivity contribution >= 4 is 11.3 Å². The minimum absolute atomic E-state index is 0.344. The van der Waals surface area contributed by atoms with Crippen LogP contribution >= 0.6 is 11.3 Å². The van der Waals surface area contributed by atoms with Gasteiger partial charge in [0.1, 0.15) is 5.01 Å². The number of rotatable bonds is 4. The molecule has 0 bridgehead atoms. The van der Waals surface area contributed by atoms with Gasteiger partial charge in [0.15, 0.2) is 0 Å². The molecule has 1 aliphatic rings. The van der Waals surface area contributed by atoms with E-state index in [0.29, 0.717) is 12.1 Å². The van der Waals surface area contributed by atoms with E-state index in [0.717, 1.165) is 19.6 Å². The highest BCUT2D eigenvalue weighted by molar-refractivity contribution is 7.11. The van der Waals surface area contributed by atoms with Crippen LogP contribution in [0.4, 0.5) is 0 Å². The van der Waals surface area contributed by atoms with Crippen LogP contribution in [0, 0.1) is 0 Å². The van der Waals surface area contributed by atoms with Gasteiger partial charge in [-0.25, -0.2) is 4.98 Å². The number of hydrogen-bond acceptors (Lipinski definition) is 4. The molecule has 2 atom stereocenters. The Morgan fingerprint density at radius 2 is 2.56 bits per heavy atom. The standard InChI is InChI=1S/C12H20N2OS/c1-3-11-7-13-12(16-11)9(2)14-10-5-4-6-15-8-10/h7,9-10,14H,3-6,8H2,1-2H3. The molecule has 1 aromatic heterocycles. The van der Waals surface area contributed by atoms with Gasteiger partial charge in [-0.2, -0.15) is 0 Å². The first-order valence-electron chi connectivity index (χ1n) is 6.08. The second-order valence-corrected chi connectivity index (χ2v) is 5.47. The third kappa shape index (κ3) is 3.03. The molecule has 4 heteroatoms. The smallest absolute Gasteiger partial charge is 0.109 e. The van der Waals surface area contributed by atoms with Crippen molar-refractivity contribution in [2.75, 3.05) is 13.2 Å². The van der Waals surface area contributed by atoms with E-state index in [1.807, 2.05) is 17.5 Å². The summed E-state index contributed by atoms with van der Waals surface area (Å²) in [5, 5.41) is 4.79. The Kier molecular flexibility index (Phi) is 4.32. The van der Waals surface area contributed by atoms with E-state index >= 15 is 0 Å². The Morgan fingerprint density at radius 1 is 1.69 bits per heavy atom. The fourth-order valence-corrected chi connectivity index (χ4v) is 2.85. The summed E-state index contributed by atoms with van der Waals surface area (Å²) < 4.78 is 5.47. The summed E-state index contributed by atoms with van der Waals surface area (Å²) in [6.45, 7) is 6.12. The first-order chi connectivity index (χ1) is 7.79. The van der Waals surface area contributed by atoms with Crippen molar-refractivity contribution < 1.29 is 4.74 Å². The first-order valence-corrected chi connectivity index (χ1v) is 6.89. The van der Waals surface area contributed by atoms with E-state index in [1.54, 1.807) is 0 Å². The zero-order valence-corrected chi connectivity index (χ0v) is 10.8. The second-order valence-electron chi connectivity index (χ2n) is 4.32. The number of hydrogen-bond donors (Lipinski definition) is 1. The number of nitrogens with one attached hydrogen (secondary N) is 1. The van der Waals surface area contributed by atoms with Crippen molar-refractivity contribution in [3.63, 3.8) is 0 Å². The molecule has 0 amide bonds. The average molecular weight is 240 g/mol. The van der Waals surface area contributed by atoms with Gasteiger partial charge in [0, 0.05) is 23.7 Å². The molecule has 16 heavy (non-hydrogen) atoms. The number of aryl methyl sites for hydroxylation is 1. The minimum Gasteiger partial charge on any atom is -0.380 e. The lowest BCUT2D eigenvalue weighted by Gasteiger charge is -2.25. The van der Waals surface area contributed by atoms with E-state index in [1.165, 1.54) is 22.7 Å². The summed E-state index contributed by atoms with van der Waals surface area (Å²) in [5.74, 6) is 0. The largest absolute Gasteiger partial charge is 0.380 e. The van der Waals surface area contributed by atoms with Crippen LogP contribution < -0.4 is 5.32 Å². The predicted octanol–water partition coefficient (Wildman–Crippen LogP) is 2.54. The van der Waals surface area contributed by atoms with Crippen molar-refractivity contribution in [3.05, 3.63) is 16.1 Å². The number of aromatic nitrogens is 1. The van der Waals surface area contributed by atoms with Crippen LogP contribution in [-0.4, -0.2) is 24.2 Å². The topological polar surface area (TPSA) is 34.2 Å². The Balaban J connectivity index is 1.88. The summed E-state index contributed by atoms with van der Waals surface area (Å²) in [7, 11) is 0. The molecule has 1 aliphatic heterocycles. The third-order valence-electron chi connectivity index (χ3n) is 2.94. The average Bonchev–Trinajstić information content (AvgIpc) is 2.79. The molecule has 1 saturated heterocycles. The molecule has 0 aromatic carbocycles. The highest BCUT2D eigenvalue weighted by atomic mass is 32.1. The van der Waals surface area contributed by atoms with Gasteiger partial charge in [0.2, 0.25) is 0 Å². The van der Waals surface area contributed by atoms with Gasteiger partial charge in [0.05, 0.1) is 12.6 Å². The van der Waals surface area contributed by atoms with Crippen molar-refractivity contribution in [2.45, 2.75) is 45.2 Å². The van der Waals surface area contributed by atoms with Crippen LogP contribution in [0.25, 0.3) is 0 Å². The van der Waals surface area contributed by atoms with Crippen LogP contribution in [0.2, 0.25) is 0 Å². The molecule has 2 rings (SSSR count). The number of ether oxygens (including phenoxy) is 1. The molecule has 2 heterocycles. The maximum absolute atomic E-state index is 5.47. The van der Waals surface area contributed by atoms with Crippen molar-refractivity contribution in [2.24, 2.45) is 0 Å². The second kappa shape index (κ2) is 5.75. The molecule has 0 spiro atoms. The normalized spacial score (nSPS) is 23.2. The Morgan fingerprint density at radius 3 is 3.19 bits per heavy atom. The minimum atomic E-state index is 0.344. The van der Waals surface area contributed by atoms with Crippen molar-refractivity contribution in [1.82, 2.24) is 10.3 Å². The lowest BCUT2D eigenvalue weighted by atomic mass is 10.1. The lowest BCUT2D eigenvalue weighted by Crippen LogP contribution is -2.38. The van der Waals surface area contributed by atoms with Gasteiger partial charge in [-0.1, -0.05) is 6.92 Å². The van der Waals surface area contributed by atoms with Crippen molar-refractivity contribution in [1.29, 1.82) is 0 Å². The van der Waals surface area contributed by atoms with Crippen LogP contribution in [0.3, 0.4) is 0 Å². The van der Waals surface area contributed by atoms with Gasteiger partial charge < -0.3 is 10.1 Å². The summed E-state index contributed by atoms with van der Waals surface area (Å²) in [6, 6.07) is 0.842. The molecule has 1 aromatic rings. The lowest BCUT2D eigenvalue weighted by molar-refractivity contribution is 0.0671. The quantitative estimate of drug-likeness (QED) is 0.878. The Labute approximate surface area is 101 Å². The molecule has 0 aliphatic carbocycles. The Hall–Kier alpha value is -0.450. The maximum Gasteiger partial charge on any atom is 0.109 e. The zero-order valence-electron chi connectivity index (χ0n) is 10.0. The fraction of sp³-hybridized carbons (Fsp3) is 0.750. The van der Waals surface area contributed by atoms with Crippen LogP contribution in [0.5, 0.6) is 0 Å². The fourth-order valence-electron chi connectivity index (χ4n) is 1.98. The summed E-state index contributed by atoms with van der Waals surface area (Å²) in [6.07, 6.45) is 5.46. The van der Waals surface area contributed by atoms with Crippen LogP contribution in [0.15, 0.2) is 6.20 Å². The van der Waals surface area contributed by atoms with E-state index in [9.17, 15) is 0 Å². The van der Waals surface area contributed by atoms with Crippen molar-refractivity contribution in [3.8, 4) is 0 Å². The van der Waals surface area contributed by atoms with Crippen LogP contribution in [-0.2, 0) is 11.2 Å². The van der Waals surface area contributed by atoms with E-state index in [2.05, 4.69) is 24.1 Å². The zero-order chi connectivity index (χ0) is 11.4. The van der Waals surface area contributed by atoms with Gasteiger partial charge in [-0.3, -0.25) is 0 Å². The first kappa shape index (κ1) is 12.0. The highest BCUT2D eigenvalue weighted by Gasteiger charge is 2.18. The molecule has 90 valence electrons. The molecule has 0 saturated carbocycles. The summed E-state index contributed by atoms with van der Waals surface area (Å²) >= 11 is 1.82. The maximum atomic E-state index is 5.47. The molecular weight excluding hydrogens is 220 g/mol. The molecule has 1 fully saturated rings. The third-order valence-corrected chi connectivity index (χ3v) is 4.26. The monoisotopic (exact) mass is 240 g/mol. The SMILES string of the molecule is CCc1cnc(C(C)NC2CCCOC2)s1. The van der Waals surface area contributed by atoms with Crippen LogP contribution in [0.1, 0.15) is 42.6 Å². The molecule has 1 N–H and O–H groups in total. The molecular formula is C12H20N2OS. The van der Waals surface area contributed by atoms with Gasteiger partial charge in [-0.05, 0) is 26.2 Å². The van der Waals surface area contributed by atoms with Gasteiger partial charge in [-0.15, -0.1) is 11.3 Å².